The molecule has 4 rings (SSSR count). The molecule has 1 heterocycles. The van der Waals surface area contributed by atoms with Crippen LogP contribution in [0.3, 0.4) is 0 Å². The normalized spacial score (nSPS) is 11.8. The summed E-state index contributed by atoms with van der Waals surface area (Å²) in [6.07, 6.45) is 2.36. The number of hydrogen-bond acceptors (Lipinski definition) is 3. The van der Waals surface area contributed by atoms with Crippen LogP contribution >= 0.6 is 0 Å². The number of sulfonamides is 1. The largest absolute Gasteiger partial charge is 0.327 e. The molecule has 0 spiro atoms. The lowest BCUT2D eigenvalue weighted by Crippen LogP contribution is -2.28. The van der Waals surface area contributed by atoms with E-state index in [0.29, 0.717) is 24.4 Å². The Hall–Kier alpha value is -2.96. The molecule has 0 saturated heterocycles. The van der Waals surface area contributed by atoms with Gasteiger partial charge in [-0.1, -0.05) is 67.6 Å². The van der Waals surface area contributed by atoms with Gasteiger partial charge in [-0.3, -0.25) is 0 Å². The second-order valence-corrected chi connectivity index (χ2v) is 9.25. The third kappa shape index (κ3) is 4.86. The van der Waals surface area contributed by atoms with Crippen LogP contribution in [0.1, 0.15) is 23.9 Å². The first kappa shape index (κ1) is 21.3. The van der Waals surface area contributed by atoms with Crippen molar-refractivity contribution in [3.63, 3.8) is 0 Å². The van der Waals surface area contributed by atoms with E-state index in [2.05, 4.69) is 21.4 Å². The first-order valence-electron chi connectivity index (χ1n) is 10.6. The number of aromatic nitrogens is 2. The fourth-order valence-electron chi connectivity index (χ4n) is 3.89. The van der Waals surface area contributed by atoms with Gasteiger partial charge in [0, 0.05) is 19.5 Å². The maximum absolute atomic E-state index is 12.9. The molecule has 1 N–H and O–H groups in total. The molecule has 0 amide bonds. The molecule has 0 atom stereocenters. The third-order valence-electron chi connectivity index (χ3n) is 5.48. The highest BCUT2D eigenvalue weighted by Gasteiger charge is 2.17. The first-order valence-corrected chi connectivity index (χ1v) is 12.1. The minimum absolute atomic E-state index is 0.305. The number of fused-ring (bicyclic) bond motifs is 1. The molecule has 0 aliphatic heterocycles. The van der Waals surface area contributed by atoms with Crippen LogP contribution in [-0.2, 0) is 35.8 Å². The first-order chi connectivity index (χ1) is 15.1. The van der Waals surface area contributed by atoms with Gasteiger partial charge in [0.25, 0.3) is 0 Å². The van der Waals surface area contributed by atoms with E-state index in [1.807, 2.05) is 61.5 Å². The SMILES string of the molecule is CCc1ccccc1S(=O)(=O)NCCn1c(CCc2ccccc2)nc2ccccc21. The highest BCUT2D eigenvalue weighted by molar-refractivity contribution is 7.89. The number of imidazole rings is 1. The molecule has 1 aromatic heterocycles. The van der Waals surface area contributed by atoms with E-state index in [1.165, 1.54) is 5.56 Å². The quantitative estimate of drug-likeness (QED) is 0.426. The molecule has 4 aromatic rings. The van der Waals surface area contributed by atoms with Crippen LogP contribution in [0.25, 0.3) is 11.0 Å². The van der Waals surface area contributed by atoms with Crippen molar-refractivity contribution in [3.05, 3.63) is 95.8 Å². The van der Waals surface area contributed by atoms with Crippen molar-refractivity contribution in [1.82, 2.24) is 14.3 Å². The molecule has 0 saturated carbocycles. The number of nitrogens with zero attached hydrogens (tertiary/aromatic N) is 2. The molecule has 6 heteroatoms. The van der Waals surface area contributed by atoms with Gasteiger partial charge in [0.15, 0.2) is 0 Å². The molecule has 0 unspecified atom stereocenters. The highest BCUT2D eigenvalue weighted by Crippen LogP contribution is 2.19. The van der Waals surface area contributed by atoms with E-state index in [-0.39, 0.29) is 0 Å². The highest BCUT2D eigenvalue weighted by atomic mass is 32.2. The lowest BCUT2D eigenvalue weighted by Gasteiger charge is -2.13. The van der Waals surface area contributed by atoms with Crippen LogP contribution in [-0.4, -0.2) is 24.5 Å². The Bertz CT molecular complexity index is 1260. The Morgan fingerprint density at radius 1 is 0.871 bits per heavy atom. The molecule has 0 aliphatic carbocycles. The minimum Gasteiger partial charge on any atom is -0.327 e. The zero-order valence-electron chi connectivity index (χ0n) is 17.7. The van der Waals surface area contributed by atoms with E-state index < -0.39 is 10.0 Å². The fraction of sp³-hybridized carbons (Fsp3) is 0.240. The molecule has 0 radical (unpaired) electrons. The summed E-state index contributed by atoms with van der Waals surface area (Å²) in [6, 6.07) is 25.5. The van der Waals surface area contributed by atoms with Crippen LogP contribution in [0.15, 0.2) is 83.8 Å². The Morgan fingerprint density at radius 2 is 1.58 bits per heavy atom. The summed E-state index contributed by atoms with van der Waals surface area (Å²) < 4.78 is 30.6. The van der Waals surface area contributed by atoms with Gasteiger partial charge in [0.2, 0.25) is 10.0 Å². The third-order valence-corrected chi connectivity index (χ3v) is 7.05. The van der Waals surface area contributed by atoms with Gasteiger partial charge in [-0.2, -0.15) is 0 Å². The summed E-state index contributed by atoms with van der Waals surface area (Å²) in [5, 5.41) is 0. The summed E-state index contributed by atoms with van der Waals surface area (Å²) in [6.45, 7) is 2.79. The van der Waals surface area contributed by atoms with Crippen molar-refractivity contribution in [2.45, 2.75) is 37.6 Å². The number of para-hydroxylation sites is 2. The van der Waals surface area contributed by atoms with Gasteiger partial charge >= 0.3 is 0 Å². The smallest absolute Gasteiger partial charge is 0.240 e. The van der Waals surface area contributed by atoms with Crippen molar-refractivity contribution in [2.75, 3.05) is 6.54 Å². The molecule has 160 valence electrons. The Kier molecular flexibility index (Phi) is 6.49. The number of nitrogens with one attached hydrogen (secondary N) is 1. The van der Waals surface area contributed by atoms with Gasteiger partial charge in [-0.15, -0.1) is 0 Å². The Labute approximate surface area is 183 Å². The summed E-state index contributed by atoms with van der Waals surface area (Å²) in [5.74, 6) is 0.971. The Morgan fingerprint density at radius 3 is 2.39 bits per heavy atom. The van der Waals surface area contributed by atoms with Crippen LogP contribution in [0.2, 0.25) is 0 Å². The van der Waals surface area contributed by atoms with Crippen molar-refractivity contribution < 1.29 is 8.42 Å². The number of hydrogen-bond donors (Lipinski definition) is 1. The van der Waals surface area contributed by atoms with E-state index in [0.717, 1.165) is 35.3 Å². The van der Waals surface area contributed by atoms with Crippen molar-refractivity contribution in [3.8, 4) is 0 Å². The maximum Gasteiger partial charge on any atom is 0.240 e. The van der Waals surface area contributed by atoms with Gasteiger partial charge in [0.1, 0.15) is 5.82 Å². The molecule has 0 bridgehead atoms. The second kappa shape index (κ2) is 9.45. The zero-order valence-corrected chi connectivity index (χ0v) is 18.5. The van der Waals surface area contributed by atoms with E-state index in [9.17, 15) is 8.42 Å². The maximum atomic E-state index is 12.9. The minimum atomic E-state index is -3.56. The Balaban J connectivity index is 1.52. The van der Waals surface area contributed by atoms with Gasteiger partial charge in [0.05, 0.1) is 15.9 Å². The topological polar surface area (TPSA) is 64.0 Å². The number of benzene rings is 3. The molecular formula is C25H27N3O2S. The van der Waals surface area contributed by atoms with Crippen molar-refractivity contribution in [2.24, 2.45) is 0 Å². The van der Waals surface area contributed by atoms with Crippen molar-refractivity contribution in [1.29, 1.82) is 0 Å². The molecule has 5 nitrogen and oxygen atoms in total. The predicted molar refractivity (Wildman–Crippen MR) is 125 cm³/mol. The van der Waals surface area contributed by atoms with Gasteiger partial charge in [-0.25, -0.2) is 18.1 Å². The molecule has 0 aliphatic rings. The lowest BCUT2D eigenvalue weighted by molar-refractivity contribution is 0.570. The molecule has 31 heavy (non-hydrogen) atoms. The van der Waals surface area contributed by atoms with Gasteiger partial charge in [-0.05, 0) is 42.2 Å². The summed E-state index contributed by atoms with van der Waals surface area (Å²) in [5.41, 5.74) is 4.05. The van der Waals surface area contributed by atoms with Crippen LogP contribution in [0.4, 0.5) is 0 Å². The average molecular weight is 434 g/mol. The lowest BCUT2D eigenvalue weighted by atomic mass is 10.1. The summed E-state index contributed by atoms with van der Waals surface area (Å²) in [7, 11) is -3.56. The number of aryl methyl sites for hydroxylation is 3. The summed E-state index contributed by atoms with van der Waals surface area (Å²) >= 11 is 0. The molecular weight excluding hydrogens is 406 g/mol. The van der Waals surface area contributed by atoms with E-state index in [4.69, 9.17) is 4.98 Å². The summed E-state index contributed by atoms with van der Waals surface area (Å²) in [4.78, 5) is 5.17. The second-order valence-electron chi connectivity index (χ2n) is 7.51. The van der Waals surface area contributed by atoms with Crippen LogP contribution in [0.5, 0.6) is 0 Å². The molecule has 3 aromatic carbocycles. The van der Waals surface area contributed by atoms with E-state index >= 15 is 0 Å². The van der Waals surface area contributed by atoms with Crippen LogP contribution in [0, 0.1) is 0 Å². The molecule has 0 fully saturated rings. The van der Waals surface area contributed by atoms with E-state index in [1.54, 1.807) is 12.1 Å². The average Bonchev–Trinajstić information content (AvgIpc) is 3.16. The predicted octanol–water partition coefficient (Wildman–Crippen LogP) is 4.36. The van der Waals surface area contributed by atoms with Crippen LogP contribution < -0.4 is 4.72 Å². The number of rotatable bonds is 9. The fourth-order valence-corrected chi connectivity index (χ4v) is 5.22. The zero-order chi connectivity index (χ0) is 21.7. The van der Waals surface area contributed by atoms with Gasteiger partial charge < -0.3 is 4.57 Å². The monoisotopic (exact) mass is 433 g/mol. The van der Waals surface area contributed by atoms with Crippen molar-refractivity contribution >= 4 is 21.1 Å². The standard InChI is InChI=1S/C25H27N3O2S/c1-2-21-12-6-9-15-24(21)31(29,30)26-18-19-28-23-14-8-7-13-22(23)27-25(28)17-16-20-10-4-3-5-11-20/h3-15,26H,2,16-19H2,1H3.